The molecule has 0 bridgehead atoms. The van der Waals surface area contributed by atoms with Gasteiger partial charge < -0.3 is 24.8 Å². The summed E-state index contributed by atoms with van der Waals surface area (Å²) in [6.45, 7) is 2.31. The van der Waals surface area contributed by atoms with Crippen LogP contribution in [0.1, 0.15) is 36.9 Å². The predicted octanol–water partition coefficient (Wildman–Crippen LogP) is 4.51. The lowest BCUT2D eigenvalue weighted by atomic mass is 9.93. The zero-order valence-corrected chi connectivity index (χ0v) is 18.4. The number of carbonyl (C=O) groups excluding carboxylic acids is 2. The fourth-order valence-corrected chi connectivity index (χ4v) is 3.52. The summed E-state index contributed by atoms with van der Waals surface area (Å²) in [7, 11) is 2.86. The number of benzene rings is 2. The van der Waals surface area contributed by atoms with Gasteiger partial charge in [-0.15, -0.1) is 0 Å². The van der Waals surface area contributed by atoms with Crippen molar-refractivity contribution in [1.82, 2.24) is 10.6 Å². The van der Waals surface area contributed by atoms with Crippen molar-refractivity contribution >= 4 is 23.6 Å². The predicted molar refractivity (Wildman–Crippen MR) is 117 cm³/mol. The molecule has 2 amide bonds. The minimum Gasteiger partial charge on any atom is -0.493 e. The van der Waals surface area contributed by atoms with Crippen LogP contribution in [0.2, 0.25) is 5.02 Å². The second-order valence-corrected chi connectivity index (χ2v) is 7.43. The van der Waals surface area contributed by atoms with E-state index in [4.69, 9.17) is 25.8 Å². The second kappa shape index (κ2) is 10.2. The van der Waals surface area contributed by atoms with Crippen molar-refractivity contribution in [3.05, 3.63) is 69.9 Å². The lowest BCUT2D eigenvalue weighted by Gasteiger charge is -2.29. The van der Waals surface area contributed by atoms with Crippen LogP contribution in [0.25, 0.3) is 0 Å². The molecule has 0 aromatic heterocycles. The number of allylic oxidation sites excluding steroid dienone is 1. The highest BCUT2D eigenvalue weighted by Crippen LogP contribution is 2.35. The topological polar surface area (TPSA) is 85.9 Å². The van der Waals surface area contributed by atoms with E-state index in [1.165, 1.54) is 14.2 Å². The number of rotatable bonds is 8. The highest BCUT2D eigenvalue weighted by Gasteiger charge is 2.33. The molecule has 1 aliphatic heterocycles. The van der Waals surface area contributed by atoms with Crippen molar-refractivity contribution in [2.45, 2.75) is 32.4 Å². The maximum Gasteiger partial charge on any atom is 0.337 e. The van der Waals surface area contributed by atoms with Crippen LogP contribution >= 0.6 is 11.6 Å². The van der Waals surface area contributed by atoms with Gasteiger partial charge in [0.25, 0.3) is 0 Å². The van der Waals surface area contributed by atoms with Crippen LogP contribution in [0.5, 0.6) is 11.5 Å². The van der Waals surface area contributed by atoms with Gasteiger partial charge >= 0.3 is 12.0 Å². The molecule has 7 nitrogen and oxygen atoms in total. The zero-order chi connectivity index (χ0) is 22.4. The molecular formula is C23H25ClN2O5. The van der Waals surface area contributed by atoms with Crippen molar-refractivity contribution in [3.8, 4) is 11.5 Å². The third-order valence-corrected chi connectivity index (χ3v) is 5.14. The summed E-state index contributed by atoms with van der Waals surface area (Å²) in [5.41, 5.74) is 2.58. The van der Waals surface area contributed by atoms with Gasteiger partial charge in [-0.05, 0) is 41.8 Å². The van der Waals surface area contributed by atoms with Crippen LogP contribution in [0.15, 0.2) is 53.7 Å². The summed E-state index contributed by atoms with van der Waals surface area (Å²) in [6.07, 6.45) is 1.32. The Hall–Kier alpha value is -3.19. The molecular weight excluding hydrogens is 420 g/mol. The number of carbonyl (C=O) groups is 2. The standard InChI is InChI=1S/C23H25ClN2O5/c1-4-5-17-20(22(27)30-3)21(26-23(28)25-17)15-8-11-18(19(12-15)29-2)31-13-14-6-9-16(24)10-7-14/h6-12,21H,4-5,13H2,1-3H3,(H2,25,26,28). The van der Waals surface area contributed by atoms with Crippen molar-refractivity contribution in [2.24, 2.45) is 0 Å². The Bertz CT molecular complexity index is 988. The average Bonchev–Trinajstić information content (AvgIpc) is 2.78. The molecule has 164 valence electrons. The molecule has 0 spiro atoms. The van der Waals surface area contributed by atoms with Gasteiger partial charge in [-0.1, -0.05) is 43.1 Å². The Balaban J connectivity index is 1.90. The fraction of sp³-hybridized carbons (Fsp3) is 0.304. The summed E-state index contributed by atoms with van der Waals surface area (Å²) >= 11 is 5.92. The molecule has 1 aliphatic rings. The van der Waals surface area contributed by atoms with E-state index in [2.05, 4.69) is 10.6 Å². The van der Waals surface area contributed by atoms with Gasteiger partial charge in [-0.2, -0.15) is 0 Å². The van der Waals surface area contributed by atoms with E-state index >= 15 is 0 Å². The van der Waals surface area contributed by atoms with E-state index in [9.17, 15) is 9.59 Å². The highest BCUT2D eigenvalue weighted by atomic mass is 35.5. The summed E-state index contributed by atoms with van der Waals surface area (Å²) in [6, 6.07) is 11.6. The Morgan fingerprint density at radius 2 is 1.84 bits per heavy atom. The minimum atomic E-state index is -0.665. The minimum absolute atomic E-state index is 0.338. The molecule has 0 aliphatic carbocycles. The van der Waals surface area contributed by atoms with Gasteiger partial charge in [0.2, 0.25) is 0 Å². The molecule has 1 unspecified atom stereocenters. The van der Waals surface area contributed by atoms with E-state index in [1.807, 2.05) is 19.1 Å². The first-order chi connectivity index (χ1) is 15.0. The third kappa shape index (κ3) is 5.30. The number of esters is 1. The Morgan fingerprint density at radius 3 is 2.48 bits per heavy atom. The van der Waals surface area contributed by atoms with Crippen molar-refractivity contribution in [1.29, 1.82) is 0 Å². The average molecular weight is 445 g/mol. The Morgan fingerprint density at radius 1 is 1.10 bits per heavy atom. The molecule has 0 saturated carbocycles. The van der Waals surface area contributed by atoms with E-state index in [0.717, 1.165) is 12.0 Å². The number of hydrogen-bond acceptors (Lipinski definition) is 5. The first kappa shape index (κ1) is 22.5. The second-order valence-electron chi connectivity index (χ2n) is 6.99. The zero-order valence-electron chi connectivity index (χ0n) is 17.7. The van der Waals surface area contributed by atoms with Crippen molar-refractivity contribution < 1.29 is 23.8 Å². The van der Waals surface area contributed by atoms with Gasteiger partial charge in [0.1, 0.15) is 6.61 Å². The SMILES string of the molecule is CCCC1=C(C(=O)OC)C(c2ccc(OCc3ccc(Cl)cc3)c(OC)c2)NC(=O)N1. The monoisotopic (exact) mass is 444 g/mol. The van der Waals surface area contributed by atoms with E-state index in [-0.39, 0.29) is 6.03 Å². The third-order valence-electron chi connectivity index (χ3n) is 4.89. The van der Waals surface area contributed by atoms with Gasteiger partial charge in [0, 0.05) is 10.7 Å². The maximum absolute atomic E-state index is 12.5. The number of ether oxygens (including phenoxy) is 3. The van der Waals surface area contributed by atoms with Gasteiger partial charge in [-0.25, -0.2) is 9.59 Å². The number of methoxy groups -OCH3 is 2. The van der Waals surface area contributed by atoms with Crippen LogP contribution in [-0.4, -0.2) is 26.2 Å². The summed E-state index contributed by atoms with van der Waals surface area (Å²) < 4.78 is 16.4. The van der Waals surface area contributed by atoms with Crippen molar-refractivity contribution in [3.63, 3.8) is 0 Å². The van der Waals surface area contributed by atoms with Crippen LogP contribution < -0.4 is 20.1 Å². The first-order valence-electron chi connectivity index (χ1n) is 9.90. The molecule has 31 heavy (non-hydrogen) atoms. The Labute approximate surface area is 186 Å². The number of urea groups is 1. The van der Waals surface area contributed by atoms with E-state index in [1.54, 1.807) is 30.3 Å². The van der Waals surface area contributed by atoms with E-state index < -0.39 is 12.0 Å². The summed E-state index contributed by atoms with van der Waals surface area (Å²) in [5, 5.41) is 6.19. The van der Waals surface area contributed by atoms with Crippen LogP contribution in [0.4, 0.5) is 4.79 Å². The highest BCUT2D eigenvalue weighted by molar-refractivity contribution is 6.30. The molecule has 1 atom stereocenters. The van der Waals surface area contributed by atoms with Crippen molar-refractivity contribution in [2.75, 3.05) is 14.2 Å². The molecule has 3 rings (SSSR count). The lowest BCUT2D eigenvalue weighted by Crippen LogP contribution is -2.45. The lowest BCUT2D eigenvalue weighted by molar-refractivity contribution is -0.136. The number of hydrogen-bond donors (Lipinski definition) is 2. The molecule has 8 heteroatoms. The quantitative estimate of drug-likeness (QED) is 0.585. The smallest absolute Gasteiger partial charge is 0.337 e. The number of amides is 2. The molecule has 0 fully saturated rings. The Kier molecular flexibility index (Phi) is 7.41. The molecule has 2 N–H and O–H groups in total. The summed E-state index contributed by atoms with van der Waals surface area (Å²) in [5.74, 6) is 0.530. The van der Waals surface area contributed by atoms with Crippen LogP contribution in [0, 0.1) is 0 Å². The molecule has 2 aromatic rings. The molecule has 0 saturated heterocycles. The maximum atomic E-state index is 12.5. The van der Waals surface area contributed by atoms with Crippen LogP contribution in [0.3, 0.4) is 0 Å². The number of halogens is 1. The van der Waals surface area contributed by atoms with Gasteiger partial charge in [0.05, 0.1) is 25.8 Å². The molecule has 2 aromatic carbocycles. The molecule has 0 radical (unpaired) electrons. The van der Waals surface area contributed by atoms with Crippen LogP contribution in [-0.2, 0) is 16.1 Å². The van der Waals surface area contributed by atoms with Gasteiger partial charge in [0.15, 0.2) is 11.5 Å². The molecule has 1 heterocycles. The van der Waals surface area contributed by atoms with Gasteiger partial charge in [-0.3, -0.25) is 0 Å². The van der Waals surface area contributed by atoms with E-state index in [0.29, 0.717) is 46.4 Å². The normalized spacial score (nSPS) is 15.7. The summed E-state index contributed by atoms with van der Waals surface area (Å²) in [4.78, 5) is 24.7. The largest absolute Gasteiger partial charge is 0.493 e. The fourth-order valence-electron chi connectivity index (χ4n) is 3.39. The number of nitrogens with one attached hydrogen (secondary N) is 2. The first-order valence-corrected chi connectivity index (χ1v) is 10.3.